The van der Waals surface area contributed by atoms with Gasteiger partial charge in [0.1, 0.15) is 18.0 Å². The Morgan fingerprint density at radius 2 is 2.39 bits per heavy atom. The summed E-state index contributed by atoms with van der Waals surface area (Å²) in [6, 6.07) is 0.270. The van der Waals surface area contributed by atoms with Crippen LogP contribution in [0.2, 0.25) is 0 Å². The van der Waals surface area contributed by atoms with Crippen molar-refractivity contribution in [2.45, 2.75) is 36.7 Å². The standard InChI is InChI=1S/C14H19FN6O6S/c1-28-5-3-7(12(24)25)17-8-2-4-21(13(26)18-8)11-9(15)10(23)14(6-22,27-11)19-20-16/h2,4,7,9-11,22-23H,3,5-6H2,1H3,(H,24,25)(H,17,18,26)/t7-,9-,10-,11+,14+/m0/s1. The van der Waals surface area contributed by atoms with E-state index in [1.165, 1.54) is 17.8 Å². The van der Waals surface area contributed by atoms with Crippen LogP contribution in [0.25, 0.3) is 10.4 Å². The molecule has 2 rings (SSSR count). The minimum Gasteiger partial charge on any atom is -0.480 e. The Balaban J connectivity index is 2.26. The SMILES string of the molecule is CSCC[C@H](Nc1ccn([C@@H]2O[C@@](CO)(N=[N+]=[N-])[C@@H](O)[C@@H]2F)c(=O)n1)C(=O)O. The Bertz CT molecular complexity index is 820. The van der Waals surface area contributed by atoms with E-state index >= 15 is 0 Å². The number of aromatic nitrogens is 2. The predicted molar refractivity (Wildman–Crippen MR) is 96.5 cm³/mol. The molecule has 1 saturated heterocycles. The summed E-state index contributed by atoms with van der Waals surface area (Å²) in [5.74, 6) is -0.582. The molecule has 28 heavy (non-hydrogen) atoms. The van der Waals surface area contributed by atoms with E-state index < -0.39 is 48.5 Å². The van der Waals surface area contributed by atoms with Crippen molar-refractivity contribution in [2.75, 3.05) is 23.9 Å². The zero-order valence-electron chi connectivity index (χ0n) is 14.7. The van der Waals surface area contributed by atoms with Gasteiger partial charge in [-0.2, -0.15) is 16.7 Å². The highest BCUT2D eigenvalue weighted by Gasteiger charge is 2.56. The van der Waals surface area contributed by atoms with E-state index in [-0.39, 0.29) is 12.2 Å². The van der Waals surface area contributed by atoms with E-state index in [1.807, 2.05) is 6.26 Å². The van der Waals surface area contributed by atoms with E-state index in [4.69, 9.17) is 10.3 Å². The molecule has 0 bridgehead atoms. The Kier molecular flexibility index (Phi) is 7.21. The molecule has 0 saturated carbocycles. The summed E-state index contributed by atoms with van der Waals surface area (Å²) in [6.45, 7) is -1.01. The van der Waals surface area contributed by atoms with E-state index in [1.54, 1.807) is 0 Å². The molecule has 1 aromatic rings. The first-order valence-corrected chi connectivity index (χ1v) is 9.43. The van der Waals surface area contributed by atoms with Crippen molar-refractivity contribution in [3.63, 3.8) is 0 Å². The Morgan fingerprint density at radius 1 is 1.68 bits per heavy atom. The topological polar surface area (TPSA) is 183 Å². The maximum Gasteiger partial charge on any atom is 0.351 e. The quantitative estimate of drug-likeness (QED) is 0.245. The minimum absolute atomic E-state index is 0.0350. The number of nitrogens with zero attached hydrogens (tertiary/aromatic N) is 5. The molecule has 1 fully saturated rings. The fourth-order valence-corrected chi connectivity index (χ4v) is 3.11. The average Bonchev–Trinajstić information content (AvgIpc) is 2.91. The maximum absolute atomic E-state index is 14.5. The van der Waals surface area contributed by atoms with Crippen molar-refractivity contribution >= 4 is 23.5 Å². The number of hydrogen-bond acceptors (Lipinski definition) is 9. The van der Waals surface area contributed by atoms with Gasteiger partial charge >= 0.3 is 11.7 Å². The second-order valence-corrected chi connectivity index (χ2v) is 6.89. The lowest BCUT2D eigenvalue weighted by Gasteiger charge is -2.23. The van der Waals surface area contributed by atoms with Gasteiger partial charge < -0.3 is 25.4 Å². The zero-order chi connectivity index (χ0) is 20.9. The molecule has 5 atom stereocenters. The summed E-state index contributed by atoms with van der Waals surface area (Å²) in [7, 11) is 0. The number of rotatable bonds is 9. The highest BCUT2D eigenvalue weighted by molar-refractivity contribution is 7.98. The summed E-state index contributed by atoms with van der Waals surface area (Å²) < 4.78 is 20.3. The fourth-order valence-electron chi connectivity index (χ4n) is 2.64. The van der Waals surface area contributed by atoms with Gasteiger partial charge in [-0.05, 0) is 30.0 Å². The third-order valence-corrected chi connectivity index (χ3v) is 4.78. The molecule has 12 nitrogen and oxygen atoms in total. The van der Waals surface area contributed by atoms with E-state index in [9.17, 15) is 29.3 Å². The Morgan fingerprint density at radius 3 is 2.93 bits per heavy atom. The molecule has 0 unspecified atom stereocenters. The lowest BCUT2D eigenvalue weighted by atomic mass is 10.1. The van der Waals surface area contributed by atoms with Crippen LogP contribution in [0, 0.1) is 0 Å². The Labute approximate surface area is 162 Å². The van der Waals surface area contributed by atoms with Crippen molar-refractivity contribution < 1.29 is 29.2 Å². The van der Waals surface area contributed by atoms with Crippen LogP contribution in [0.1, 0.15) is 12.6 Å². The van der Waals surface area contributed by atoms with Crippen LogP contribution in [-0.4, -0.2) is 73.5 Å². The van der Waals surface area contributed by atoms with E-state index in [0.717, 1.165) is 6.20 Å². The van der Waals surface area contributed by atoms with Crippen LogP contribution in [0.3, 0.4) is 0 Å². The number of carbonyl (C=O) groups is 1. The first-order valence-electron chi connectivity index (χ1n) is 8.04. The number of anilines is 1. The molecule has 2 heterocycles. The number of hydrogen-bond donors (Lipinski definition) is 4. The van der Waals surface area contributed by atoms with Gasteiger partial charge in [-0.3, -0.25) is 4.57 Å². The highest BCUT2D eigenvalue weighted by atomic mass is 32.2. The van der Waals surface area contributed by atoms with Gasteiger partial charge in [0.2, 0.25) is 5.72 Å². The summed E-state index contributed by atoms with van der Waals surface area (Å²) in [5, 5.41) is 34.2. The number of aliphatic carboxylic acids is 1. The number of nitrogens with one attached hydrogen (secondary N) is 1. The summed E-state index contributed by atoms with van der Waals surface area (Å²) in [5.41, 5.74) is 5.29. The number of carboxylic acids is 1. The van der Waals surface area contributed by atoms with Crippen LogP contribution in [0.15, 0.2) is 22.2 Å². The second kappa shape index (κ2) is 9.21. The van der Waals surface area contributed by atoms with Crippen LogP contribution >= 0.6 is 11.8 Å². The monoisotopic (exact) mass is 418 g/mol. The molecular formula is C14H19FN6O6S. The fraction of sp³-hybridized carbons (Fsp3) is 0.643. The number of carboxylic acid groups (broad SMARTS) is 1. The zero-order valence-corrected chi connectivity index (χ0v) is 15.5. The summed E-state index contributed by atoms with van der Waals surface area (Å²) in [4.78, 5) is 29.6. The molecule has 1 aromatic heterocycles. The molecule has 1 aliphatic heterocycles. The van der Waals surface area contributed by atoms with Gasteiger partial charge in [0.25, 0.3) is 0 Å². The minimum atomic E-state index is -2.28. The number of alkyl halides is 1. The molecule has 154 valence electrons. The van der Waals surface area contributed by atoms with Crippen molar-refractivity contribution in [1.29, 1.82) is 0 Å². The number of halogens is 1. The smallest absolute Gasteiger partial charge is 0.351 e. The molecule has 14 heteroatoms. The second-order valence-electron chi connectivity index (χ2n) is 5.91. The third-order valence-electron chi connectivity index (χ3n) is 4.14. The molecule has 4 N–H and O–H groups in total. The molecule has 0 spiro atoms. The van der Waals surface area contributed by atoms with Crippen LogP contribution < -0.4 is 11.0 Å². The predicted octanol–water partition coefficient (Wildman–Crippen LogP) is 0.0882. The van der Waals surface area contributed by atoms with E-state index in [2.05, 4.69) is 20.3 Å². The van der Waals surface area contributed by atoms with Gasteiger partial charge in [0.15, 0.2) is 12.4 Å². The van der Waals surface area contributed by atoms with Gasteiger partial charge in [0.05, 0.1) is 6.61 Å². The van der Waals surface area contributed by atoms with E-state index in [0.29, 0.717) is 10.3 Å². The largest absolute Gasteiger partial charge is 0.480 e. The van der Waals surface area contributed by atoms with Crippen molar-refractivity contribution in [1.82, 2.24) is 9.55 Å². The first kappa shape index (κ1) is 21.9. The molecule has 0 amide bonds. The maximum atomic E-state index is 14.5. The van der Waals surface area contributed by atoms with Gasteiger partial charge in [-0.25, -0.2) is 14.0 Å². The van der Waals surface area contributed by atoms with Gasteiger partial charge in [-0.15, -0.1) is 0 Å². The first-order chi connectivity index (χ1) is 13.3. The summed E-state index contributed by atoms with van der Waals surface area (Å²) in [6.07, 6.45) is -2.69. The normalized spacial score (nSPS) is 27.8. The molecule has 0 radical (unpaired) electrons. The number of aliphatic hydroxyl groups is 2. The van der Waals surface area contributed by atoms with Crippen molar-refractivity contribution in [3.05, 3.63) is 33.2 Å². The number of ether oxygens (including phenoxy) is 1. The molecular weight excluding hydrogens is 399 g/mol. The van der Waals surface area contributed by atoms with Crippen LogP contribution in [0.5, 0.6) is 0 Å². The third kappa shape index (κ3) is 4.36. The molecule has 0 aliphatic carbocycles. The molecule has 0 aromatic carbocycles. The van der Waals surface area contributed by atoms with Crippen molar-refractivity contribution in [2.24, 2.45) is 5.11 Å². The van der Waals surface area contributed by atoms with Crippen LogP contribution in [-0.2, 0) is 9.53 Å². The highest BCUT2D eigenvalue weighted by Crippen LogP contribution is 2.39. The number of azide groups is 1. The lowest BCUT2D eigenvalue weighted by Crippen LogP contribution is -2.43. The molecule has 1 aliphatic rings. The van der Waals surface area contributed by atoms with Crippen molar-refractivity contribution in [3.8, 4) is 0 Å². The lowest BCUT2D eigenvalue weighted by molar-refractivity contribution is -0.137. The Hall–Kier alpha value is -2.38. The summed E-state index contributed by atoms with van der Waals surface area (Å²) >= 11 is 1.46. The van der Waals surface area contributed by atoms with Gasteiger partial charge in [0, 0.05) is 11.1 Å². The van der Waals surface area contributed by atoms with Crippen LogP contribution in [0.4, 0.5) is 10.2 Å². The average molecular weight is 418 g/mol. The van der Waals surface area contributed by atoms with Gasteiger partial charge in [-0.1, -0.05) is 5.11 Å². The number of aliphatic hydroxyl groups excluding tert-OH is 2. The number of thioether (sulfide) groups is 1.